The van der Waals surface area contributed by atoms with Crippen LogP contribution in [0, 0.1) is 0 Å². The van der Waals surface area contributed by atoms with Crippen molar-refractivity contribution in [2.45, 2.75) is 25.7 Å². The van der Waals surface area contributed by atoms with Crippen molar-refractivity contribution in [1.82, 2.24) is 5.32 Å². The van der Waals surface area contributed by atoms with Crippen LogP contribution in [0.3, 0.4) is 0 Å². The molecule has 0 saturated carbocycles. The number of ether oxygens (including phenoxy) is 1. The summed E-state index contributed by atoms with van der Waals surface area (Å²) in [7, 11) is 0. The van der Waals surface area contributed by atoms with Gasteiger partial charge in [-0.1, -0.05) is 48.5 Å². The minimum absolute atomic E-state index is 0.0123. The fourth-order valence-electron chi connectivity index (χ4n) is 2.70. The molecular formula is C17H17NO2. The van der Waals surface area contributed by atoms with Crippen LogP contribution in [0.1, 0.15) is 35.3 Å². The molecule has 0 aliphatic carbocycles. The van der Waals surface area contributed by atoms with Crippen LogP contribution < -0.4 is 5.32 Å². The summed E-state index contributed by atoms with van der Waals surface area (Å²) in [6.07, 6.45) is -0.0123. The smallest absolute Gasteiger partial charge is 0.254 e. The van der Waals surface area contributed by atoms with Crippen LogP contribution in [-0.4, -0.2) is 12.0 Å². The Morgan fingerprint density at radius 3 is 2.35 bits per heavy atom. The van der Waals surface area contributed by atoms with Gasteiger partial charge in [-0.2, -0.15) is 0 Å². The first-order valence-corrected chi connectivity index (χ1v) is 6.79. The molecule has 2 aromatic rings. The summed E-state index contributed by atoms with van der Waals surface area (Å²) in [5, 5.41) is 3.02. The fourth-order valence-corrected chi connectivity index (χ4v) is 2.70. The third kappa shape index (κ3) is 1.91. The SMILES string of the molecule is CC(C)OC1(c2ccccc2)NC(=O)c2ccccc21. The van der Waals surface area contributed by atoms with Crippen LogP contribution >= 0.6 is 0 Å². The highest BCUT2D eigenvalue weighted by atomic mass is 16.5. The van der Waals surface area contributed by atoms with Crippen LogP contribution in [0.25, 0.3) is 0 Å². The summed E-state index contributed by atoms with van der Waals surface area (Å²) in [6, 6.07) is 17.4. The van der Waals surface area contributed by atoms with E-state index in [9.17, 15) is 4.79 Å². The van der Waals surface area contributed by atoms with Gasteiger partial charge in [0.25, 0.3) is 5.91 Å². The molecule has 20 heavy (non-hydrogen) atoms. The van der Waals surface area contributed by atoms with Gasteiger partial charge >= 0.3 is 0 Å². The van der Waals surface area contributed by atoms with Crippen LogP contribution in [0.15, 0.2) is 54.6 Å². The van der Waals surface area contributed by atoms with Crippen LogP contribution in [0.5, 0.6) is 0 Å². The number of carbonyl (C=O) groups is 1. The Morgan fingerprint density at radius 1 is 1.00 bits per heavy atom. The highest BCUT2D eigenvalue weighted by molar-refractivity contribution is 6.00. The zero-order chi connectivity index (χ0) is 14.2. The molecule has 1 atom stereocenters. The average Bonchev–Trinajstić information content (AvgIpc) is 2.74. The second-order valence-electron chi connectivity index (χ2n) is 5.21. The lowest BCUT2D eigenvalue weighted by Gasteiger charge is -2.33. The van der Waals surface area contributed by atoms with E-state index in [1.54, 1.807) is 0 Å². The van der Waals surface area contributed by atoms with Gasteiger partial charge in [-0.3, -0.25) is 4.79 Å². The van der Waals surface area contributed by atoms with Crippen molar-refractivity contribution in [3.8, 4) is 0 Å². The zero-order valence-electron chi connectivity index (χ0n) is 11.6. The Hall–Kier alpha value is -2.13. The second kappa shape index (κ2) is 4.76. The summed E-state index contributed by atoms with van der Waals surface area (Å²) in [6.45, 7) is 3.94. The lowest BCUT2D eigenvalue weighted by molar-refractivity contribution is -0.0680. The minimum Gasteiger partial charge on any atom is -0.344 e. The Balaban J connectivity index is 2.21. The molecule has 3 nitrogen and oxygen atoms in total. The Labute approximate surface area is 118 Å². The summed E-state index contributed by atoms with van der Waals surface area (Å²) < 4.78 is 6.15. The molecule has 1 heterocycles. The number of rotatable bonds is 3. The quantitative estimate of drug-likeness (QED) is 0.928. The topological polar surface area (TPSA) is 38.3 Å². The summed E-state index contributed by atoms with van der Waals surface area (Å²) in [5.41, 5.74) is 1.61. The summed E-state index contributed by atoms with van der Waals surface area (Å²) in [5.74, 6) is -0.0925. The van der Waals surface area contributed by atoms with E-state index in [0.29, 0.717) is 5.56 Å². The number of carbonyl (C=O) groups excluding carboxylic acids is 1. The lowest BCUT2D eigenvalue weighted by atomic mass is 9.94. The van der Waals surface area contributed by atoms with Gasteiger partial charge in [0.1, 0.15) is 0 Å². The molecule has 0 spiro atoms. The number of hydrogen-bond acceptors (Lipinski definition) is 2. The first-order valence-electron chi connectivity index (χ1n) is 6.79. The van der Waals surface area contributed by atoms with Crippen molar-refractivity contribution in [2.24, 2.45) is 0 Å². The maximum atomic E-state index is 12.2. The molecule has 2 aromatic carbocycles. The first kappa shape index (κ1) is 12.9. The van der Waals surface area contributed by atoms with Crippen molar-refractivity contribution >= 4 is 5.91 Å². The van der Waals surface area contributed by atoms with E-state index in [2.05, 4.69) is 5.32 Å². The fraction of sp³-hybridized carbons (Fsp3) is 0.235. The molecule has 0 bridgehead atoms. The van der Waals surface area contributed by atoms with E-state index in [-0.39, 0.29) is 12.0 Å². The second-order valence-corrected chi connectivity index (χ2v) is 5.21. The van der Waals surface area contributed by atoms with E-state index in [1.807, 2.05) is 68.4 Å². The van der Waals surface area contributed by atoms with Crippen molar-refractivity contribution in [3.63, 3.8) is 0 Å². The van der Waals surface area contributed by atoms with Gasteiger partial charge in [-0.05, 0) is 19.9 Å². The lowest BCUT2D eigenvalue weighted by Crippen LogP contribution is -2.44. The third-order valence-electron chi connectivity index (χ3n) is 3.43. The molecular weight excluding hydrogens is 250 g/mol. The molecule has 0 saturated heterocycles. The Kier molecular flexibility index (Phi) is 3.07. The van der Waals surface area contributed by atoms with Crippen molar-refractivity contribution < 1.29 is 9.53 Å². The van der Waals surface area contributed by atoms with Gasteiger partial charge in [0.15, 0.2) is 5.72 Å². The van der Waals surface area contributed by atoms with Crippen LogP contribution in [0.2, 0.25) is 0 Å². The highest BCUT2D eigenvalue weighted by Gasteiger charge is 2.45. The Morgan fingerprint density at radius 2 is 1.65 bits per heavy atom. The molecule has 3 rings (SSSR count). The van der Waals surface area contributed by atoms with Gasteiger partial charge in [0.2, 0.25) is 0 Å². The number of fused-ring (bicyclic) bond motifs is 1. The number of benzene rings is 2. The molecule has 0 fully saturated rings. The minimum atomic E-state index is -0.886. The molecule has 3 heteroatoms. The average molecular weight is 267 g/mol. The maximum absolute atomic E-state index is 12.2. The largest absolute Gasteiger partial charge is 0.344 e. The molecule has 1 amide bonds. The highest BCUT2D eigenvalue weighted by Crippen LogP contribution is 2.38. The molecule has 1 aliphatic heterocycles. The van der Waals surface area contributed by atoms with E-state index in [1.165, 1.54) is 0 Å². The third-order valence-corrected chi connectivity index (χ3v) is 3.43. The van der Waals surface area contributed by atoms with Crippen LogP contribution in [-0.2, 0) is 10.5 Å². The van der Waals surface area contributed by atoms with E-state index in [0.717, 1.165) is 11.1 Å². The van der Waals surface area contributed by atoms with E-state index >= 15 is 0 Å². The van der Waals surface area contributed by atoms with Gasteiger partial charge in [-0.15, -0.1) is 0 Å². The van der Waals surface area contributed by atoms with Crippen molar-refractivity contribution in [1.29, 1.82) is 0 Å². The predicted octanol–water partition coefficient (Wildman–Crippen LogP) is 3.06. The normalized spacial score (nSPS) is 20.9. The number of amides is 1. The number of hydrogen-bond donors (Lipinski definition) is 1. The molecule has 0 aromatic heterocycles. The number of nitrogens with one attached hydrogen (secondary N) is 1. The Bertz CT molecular complexity index is 636. The molecule has 0 radical (unpaired) electrons. The molecule has 1 N–H and O–H groups in total. The van der Waals surface area contributed by atoms with Crippen molar-refractivity contribution in [3.05, 3.63) is 71.3 Å². The van der Waals surface area contributed by atoms with Crippen molar-refractivity contribution in [2.75, 3.05) is 0 Å². The van der Waals surface area contributed by atoms with Gasteiger partial charge < -0.3 is 10.1 Å². The van der Waals surface area contributed by atoms with Crippen LogP contribution in [0.4, 0.5) is 0 Å². The predicted molar refractivity (Wildman–Crippen MR) is 77.4 cm³/mol. The summed E-state index contributed by atoms with van der Waals surface area (Å²) >= 11 is 0. The first-order chi connectivity index (χ1) is 9.63. The molecule has 102 valence electrons. The van der Waals surface area contributed by atoms with E-state index < -0.39 is 5.72 Å². The van der Waals surface area contributed by atoms with Gasteiger partial charge in [0.05, 0.1) is 6.10 Å². The monoisotopic (exact) mass is 267 g/mol. The zero-order valence-corrected chi connectivity index (χ0v) is 11.6. The standard InChI is InChI=1S/C17H17NO2/c1-12(2)20-17(13-8-4-3-5-9-13)15-11-7-6-10-14(15)16(19)18-17/h3-12H,1-2H3,(H,18,19). The van der Waals surface area contributed by atoms with Gasteiger partial charge in [0, 0.05) is 16.7 Å². The summed E-state index contributed by atoms with van der Waals surface area (Å²) in [4.78, 5) is 12.2. The molecule has 1 aliphatic rings. The molecule has 1 unspecified atom stereocenters. The van der Waals surface area contributed by atoms with Gasteiger partial charge in [-0.25, -0.2) is 0 Å². The maximum Gasteiger partial charge on any atom is 0.254 e. The van der Waals surface area contributed by atoms with E-state index in [4.69, 9.17) is 4.74 Å².